The number of halogens is 5. The van der Waals surface area contributed by atoms with Crippen molar-refractivity contribution in [3.05, 3.63) is 111 Å². The third-order valence-electron chi connectivity index (χ3n) is 4.88. The Hall–Kier alpha value is -4.08. The van der Waals surface area contributed by atoms with Gasteiger partial charge in [-0.05, 0) is 11.6 Å². The van der Waals surface area contributed by atoms with Gasteiger partial charge in [-0.15, -0.1) is 0 Å². The van der Waals surface area contributed by atoms with Crippen LogP contribution in [0.3, 0.4) is 0 Å². The van der Waals surface area contributed by atoms with Gasteiger partial charge in [0.05, 0.1) is 17.5 Å². The first-order chi connectivity index (χ1) is 15.8. The van der Waals surface area contributed by atoms with Gasteiger partial charge in [-0.25, -0.2) is 31.4 Å². The average molecular weight is 460 g/mol. The normalized spacial score (nSPS) is 11.1. The maximum atomic E-state index is 13.9. The second kappa shape index (κ2) is 8.81. The molecule has 3 aromatic carbocycles. The van der Waals surface area contributed by atoms with Crippen LogP contribution in [0, 0.1) is 29.1 Å². The van der Waals surface area contributed by atoms with E-state index in [9.17, 15) is 31.5 Å². The van der Waals surface area contributed by atoms with Crippen molar-refractivity contribution in [3.63, 3.8) is 0 Å². The third-order valence-corrected chi connectivity index (χ3v) is 4.88. The summed E-state index contributed by atoms with van der Waals surface area (Å²) in [4.78, 5) is 25.5. The fourth-order valence-electron chi connectivity index (χ4n) is 3.23. The second-order valence-electron chi connectivity index (χ2n) is 6.97. The van der Waals surface area contributed by atoms with Gasteiger partial charge >= 0.3 is 5.97 Å². The predicted octanol–water partition coefficient (Wildman–Crippen LogP) is 4.50. The fraction of sp³-hybridized carbons (Fsp3) is 0.0870. The molecule has 0 saturated carbocycles. The Morgan fingerprint density at radius 3 is 1.97 bits per heavy atom. The Bertz CT molecular complexity index is 1410. The Labute approximate surface area is 182 Å². The van der Waals surface area contributed by atoms with E-state index in [-0.39, 0.29) is 23.0 Å². The Kier molecular flexibility index (Phi) is 5.91. The second-order valence-corrected chi connectivity index (χ2v) is 6.97. The molecule has 0 fully saturated rings. The fourth-order valence-corrected chi connectivity index (χ4v) is 3.23. The lowest BCUT2D eigenvalue weighted by Crippen LogP contribution is -2.27. The van der Waals surface area contributed by atoms with Gasteiger partial charge in [-0.3, -0.25) is 4.79 Å². The van der Waals surface area contributed by atoms with Crippen molar-refractivity contribution >= 4 is 16.7 Å². The number of carbonyl (C=O) groups is 1. The maximum Gasteiger partial charge on any atom is 0.359 e. The smallest absolute Gasteiger partial charge is 0.359 e. The van der Waals surface area contributed by atoms with Crippen LogP contribution < -0.4 is 5.56 Å². The zero-order chi connectivity index (χ0) is 23.7. The molecule has 0 bridgehead atoms. The Morgan fingerprint density at radius 1 is 0.788 bits per heavy atom. The molecule has 1 aromatic heterocycles. The molecule has 4 aromatic rings. The number of hydrogen-bond acceptors (Lipinski definition) is 4. The number of hydrogen-bond donors (Lipinski definition) is 0. The molecule has 0 radical (unpaired) electrons. The summed E-state index contributed by atoms with van der Waals surface area (Å²) >= 11 is 0. The summed E-state index contributed by atoms with van der Waals surface area (Å²) in [5.41, 5.74) is -1.44. The summed E-state index contributed by atoms with van der Waals surface area (Å²) in [5, 5.41) is 4.27. The van der Waals surface area contributed by atoms with E-state index in [1.54, 1.807) is 36.4 Å². The molecule has 10 heteroatoms. The van der Waals surface area contributed by atoms with Crippen LogP contribution in [0.2, 0.25) is 0 Å². The SMILES string of the molecule is O=C(OCc1c(F)c(F)c(F)c(F)c1F)c1nn(Cc2ccccc2)c(=O)c2ccccc12. The van der Waals surface area contributed by atoms with Gasteiger partial charge < -0.3 is 4.74 Å². The summed E-state index contributed by atoms with van der Waals surface area (Å²) in [7, 11) is 0. The molecule has 0 amide bonds. The van der Waals surface area contributed by atoms with Crippen LogP contribution in [0.4, 0.5) is 22.0 Å². The van der Waals surface area contributed by atoms with E-state index in [1.165, 1.54) is 18.2 Å². The van der Waals surface area contributed by atoms with Gasteiger partial charge in [0.15, 0.2) is 29.0 Å². The largest absolute Gasteiger partial charge is 0.456 e. The Morgan fingerprint density at radius 2 is 1.33 bits per heavy atom. The van der Waals surface area contributed by atoms with Crippen molar-refractivity contribution in [1.82, 2.24) is 9.78 Å². The first-order valence-electron chi connectivity index (χ1n) is 9.50. The number of rotatable bonds is 5. The van der Waals surface area contributed by atoms with Crippen LogP contribution in [0.1, 0.15) is 21.6 Å². The molecule has 168 valence electrons. The van der Waals surface area contributed by atoms with Gasteiger partial charge in [0.2, 0.25) is 5.82 Å². The highest BCUT2D eigenvalue weighted by Gasteiger charge is 2.27. The van der Waals surface area contributed by atoms with Crippen molar-refractivity contribution in [1.29, 1.82) is 0 Å². The molecule has 0 N–H and O–H groups in total. The number of ether oxygens (including phenoxy) is 1. The van der Waals surface area contributed by atoms with E-state index in [0.717, 1.165) is 4.68 Å². The van der Waals surface area contributed by atoms with E-state index >= 15 is 0 Å². The van der Waals surface area contributed by atoms with Gasteiger partial charge in [-0.2, -0.15) is 5.10 Å². The number of carbonyl (C=O) groups excluding carboxylic acids is 1. The van der Waals surface area contributed by atoms with Crippen molar-refractivity contribution in [2.75, 3.05) is 0 Å². The lowest BCUT2D eigenvalue weighted by molar-refractivity contribution is 0.0455. The lowest BCUT2D eigenvalue weighted by atomic mass is 10.1. The molecule has 0 saturated heterocycles. The van der Waals surface area contributed by atoms with E-state index in [1.807, 2.05) is 0 Å². The van der Waals surface area contributed by atoms with Gasteiger partial charge in [0, 0.05) is 5.39 Å². The molecule has 5 nitrogen and oxygen atoms in total. The number of fused-ring (bicyclic) bond motifs is 1. The van der Waals surface area contributed by atoms with Crippen molar-refractivity contribution < 1.29 is 31.5 Å². The van der Waals surface area contributed by atoms with E-state index in [0.29, 0.717) is 5.56 Å². The molecule has 0 unspecified atom stereocenters. The minimum atomic E-state index is -2.32. The number of nitrogens with zero attached hydrogens (tertiary/aromatic N) is 2. The van der Waals surface area contributed by atoms with Gasteiger partial charge in [-0.1, -0.05) is 48.5 Å². The highest BCUT2D eigenvalue weighted by Crippen LogP contribution is 2.24. The molecular formula is C23H13F5N2O3. The van der Waals surface area contributed by atoms with Crippen LogP contribution in [0.15, 0.2) is 59.4 Å². The molecule has 0 aliphatic carbocycles. The van der Waals surface area contributed by atoms with Gasteiger partial charge in [0.25, 0.3) is 5.56 Å². The Balaban J connectivity index is 1.72. The zero-order valence-electron chi connectivity index (χ0n) is 16.6. The molecule has 0 aliphatic rings. The standard InChI is InChI=1S/C23H13F5N2O3/c24-16-15(17(25)19(27)20(28)18(16)26)11-33-23(32)21-13-8-4-5-9-14(13)22(31)30(29-21)10-12-6-2-1-3-7-12/h1-9H,10-11H2. The summed E-state index contributed by atoms with van der Waals surface area (Å²) in [6.07, 6.45) is 0. The van der Waals surface area contributed by atoms with Crippen molar-refractivity contribution in [2.24, 2.45) is 0 Å². The quantitative estimate of drug-likeness (QED) is 0.191. The third kappa shape index (κ3) is 4.07. The summed E-state index contributed by atoms with van der Waals surface area (Å²) < 4.78 is 73.7. The van der Waals surface area contributed by atoms with E-state index in [4.69, 9.17) is 4.74 Å². The van der Waals surface area contributed by atoms with Crippen LogP contribution in [0.25, 0.3) is 10.8 Å². The number of benzene rings is 3. The molecule has 0 aliphatic heterocycles. The molecular weight excluding hydrogens is 447 g/mol. The van der Waals surface area contributed by atoms with Crippen LogP contribution in [-0.2, 0) is 17.9 Å². The topological polar surface area (TPSA) is 61.2 Å². The van der Waals surface area contributed by atoms with Gasteiger partial charge in [0.1, 0.15) is 6.61 Å². The first kappa shape index (κ1) is 22.1. The van der Waals surface area contributed by atoms with Crippen molar-refractivity contribution in [3.8, 4) is 0 Å². The monoisotopic (exact) mass is 460 g/mol. The molecule has 0 atom stereocenters. The van der Waals surface area contributed by atoms with E-state index < -0.39 is 52.8 Å². The molecule has 1 heterocycles. The number of esters is 1. The zero-order valence-corrected chi connectivity index (χ0v) is 16.6. The maximum absolute atomic E-state index is 13.9. The average Bonchev–Trinajstić information content (AvgIpc) is 2.83. The summed E-state index contributed by atoms with van der Waals surface area (Å²) in [6.45, 7) is -1.22. The molecule has 33 heavy (non-hydrogen) atoms. The highest BCUT2D eigenvalue weighted by molar-refractivity contribution is 6.02. The lowest BCUT2D eigenvalue weighted by Gasteiger charge is -2.12. The summed E-state index contributed by atoms with van der Waals surface area (Å²) in [6, 6.07) is 14.7. The molecule has 0 spiro atoms. The van der Waals surface area contributed by atoms with Crippen LogP contribution in [-0.4, -0.2) is 15.7 Å². The minimum Gasteiger partial charge on any atom is -0.456 e. The molecule has 4 rings (SSSR count). The van der Waals surface area contributed by atoms with Crippen molar-refractivity contribution in [2.45, 2.75) is 13.2 Å². The minimum absolute atomic E-state index is 0.0163. The number of aromatic nitrogens is 2. The van der Waals surface area contributed by atoms with Crippen LogP contribution >= 0.6 is 0 Å². The summed E-state index contributed by atoms with van der Waals surface area (Å²) in [5.74, 6) is -12.0. The van der Waals surface area contributed by atoms with Crippen LogP contribution in [0.5, 0.6) is 0 Å². The predicted molar refractivity (Wildman–Crippen MR) is 107 cm³/mol. The first-order valence-corrected chi connectivity index (χ1v) is 9.50. The highest BCUT2D eigenvalue weighted by atomic mass is 19.2. The van der Waals surface area contributed by atoms with E-state index in [2.05, 4.69) is 5.10 Å².